The molecule has 0 aromatic rings. The molecular weight excluding hydrogens is 206 g/mol. The molecule has 2 bridgehead atoms. The molecule has 0 radical (unpaired) electrons. The Balaban J connectivity index is 1.59. The third-order valence-electron chi connectivity index (χ3n) is 5.36. The molecule has 4 rings (SSSR count). The zero-order valence-corrected chi connectivity index (χ0v) is 9.04. The van der Waals surface area contributed by atoms with E-state index >= 15 is 0 Å². The van der Waals surface area contributed by atoms with Crippen molar-refractivity contribution in [3.05, 3.63) is 21.8 Å². The molecule has 0 spiro atoms. The summed E-state index contributed by atoms with van der Waals surface area (Å²) in [4.78, 5) is 15.3. The van der Waals surface area contributed by atoms with Crippen LogP contribution in [0, 0.1) is 39.7 Å². The van der Waals surface area contributed by atoms with E-state index in [2.05, 4.69) is 6.08 Å². The fraction of sp³-hybridized carbons (Fsp3) is 0.833. The van der Waals surface area contributed by atoms with E-state index < -0.39 is 5.09 Å². The molecule has 0 aliphatic heterocycles. The number of nitrogens with zero attached hydrogens (tertiary/aromatic N) is 1. The minimum atomic E-state index is -0.598. The first kappa shape index (κ1) is 9.02. The van der Waals surface area contributed by atoms with Gasteiger partial charge in [0.2, 0.25) is 0 Å². The summed E-state index contributed by atoms with van der Waals surface area (Å²) in [5.41, 5.74) is 1.62. The largest absolute Gasteiger partial charge is 0.310 e. The summed E-state index contributed by atoms with van der Waals surface area (Å²) in [5, 5.41) is 9.84. The molecule has 6 unspecified atom stereocenters. The number of rotatable bonds is 2. The Bertz CT molecular complexity index is 392. The van der Waals surface area contributed by atoms with Crippen LogP contribution in [0.25, 0.3) is 0 Å². The highest BCUT2D eigenvalue weighted by atomic mass is 17.0. The van der Waals surface area contributed by atoms with Crippen LogP contribution < -0.4 is 0 Å². The Hall–Kier alpha value is -1.06. The Kier molecular flexibility index (Phi) is 1.57. The lowest BCUT2D eigenvalue weighted by Gasteiger charge is -2.49. The van der Waals surface area contributed by atoms with E-state index in [1.165, 1.54) is 19.3 Å². The van der Waals surface area contributed by atoms with Crippen LogP contribution in [0.3, 0.4) is 0 Å². The van der Waals surface area contributed by atoms with E-state index in [0.29, 0.717) is 17.8 Å². The van der Waals surface area contributed by atoms with Crippen LogP contribution >= 0.6 is 0 Å². The van der Waals surface area contributed by atoms with Crippen LogP contribution in [-0.2, 0) is 4.84 Å². The van der Waals surface area contributed by atoms with Crippen LogP contribution in [0.5, 0.6) is 0 Å². The summed E-state index contributed by atoms with van der Waals surface area (Å²) in [6, 6.07) is 0. The van der Waals surface area contributed by atoms with Crippen molar-refractivity contribution in [3.63, 3.8) is 0 Å². The van der Waals surface area contributed by atoms with Gasteiger partial charge in [-0.1, -0.05) is 11.6 Å². The van der Waals surface area contributed by atoms with Crippen LogP contribution in [-0.4, -0.2) is 11.2 Å². The fourth-order valence-electron chi connectivity index (χ4n) is 5.05. The second kappa shape index (κ2) is 2.79. The van der Waals surface area contributed by atoms with Crippen molar-refractivity contribution in [3.8, 4) is 0 Å². The van der Waals surface area contributed by atoms with Gasteiger partial charge in [-0.15, -0.1) is 10.1 Å². The van der Waals surface area contributed by atoms with Gasteiger partial charge in [0.25, 0.3) is 5.09 Å². The number of fused-ring (bicyclic) bond motifs is 8. The van der Waals surface area contributed by atoms with Gasteiger partial charge in [0.05, 0.1) is 0 Å². The second-order valence-electron chi connectivity index (χ2n) is 5.75. The lowest BCUT2D eigenvalue weighted by atomic mass is 9.56. The van der Waals surface area contributed by atoms with Crippen LogP contribution in [0.1, 0.15) is 25.7 Å². The minimum Gasteiger partial charge on any atom is -0.310 e. The lowest BCUT2D eigenvalue weighted by Crippen LogP contribution is -2.46. The SMILES string of the molecule is O=[N+]([O-])OC1CC2CC1C1C3=CCCC3C21. The summed E-state index contributed by atoms with van der Waals surface area (Å²) in [5.74, 6) is 3.50. The zero-order valence-electron chi connectivity index (χ0n) is 9.04. The van der Waals surface area contributed by atoms with Crippen LogP contribution in [0.4, 0.5) is 0 Å². The van der Waals surface area contributed by atoms with E-state index in [9.17, 15) is 10.1 Å². The molecule has 4 aliphatic carbocycles. The molecule has 6 atom stereocenters. The number of hydrogen-bond donors (Lipinski definition) is 0. The Morgan fingerprint density at radius 1 is 1.44 bits per heavy atom. The average molecular weight is 221 g/mol. The van der Waals surface area contributed by atoms with Gasteiger partial charge in [-0.05, 0) is 55.3 Å². The highest BCUT2D eigenvalue weighted by molar-refractivity contribution is 5.33. The second-order valence-corrected chi connectivity index (χ2v) is 5.75. The van der Waals surface area contributed by atoms with Gasteiger partial charge in [-0.2, -0.15) is 0 Å². The van der Waals surface area contributed by atoms with Crippen molar-refractivity contribution in [1.29, 1.82) is 0 Å². The van der Waals surface area contributed by atoms with Crippen molar-refractivity contribution >= 4 is 0 Å². The van der Waals surface area contributed by atoms with E-state index in [-0.39, 0.29) is 6.10 Å². The summed E-state index contributed by atoms with van der Waals surface area (Å²) in [6.07, 6.45) is 6.94. The molecule has 0 heterocycles. The molecule has 0 saturated heterocycles. The van der Waals surface area contributed by atoms with Gasteiger partial charge in [-0.3, -0.25) is 0 Å². The maximum absolute atomic E-state index is 10.4. The molecule has 0 amide bonds. The molecule has 0 aromatic heterocycles. The molecule has 16 heavy (non-hydrogen) atoms. The minimum absolute atomic E-state index is 0.108. The number of hydrogen-bond acceptors (Lipinski definition) is 3. The summed E-state index contributed by atoms with van der Waals surface area (Å²) >= 11 is 0. The first-order valence-corrected chi connectivity index (χ1v) is 6.27. The predicted molar refractivity (Wildman–Crippen MR) is 55.9 cm³/mol. The van der Waals surface area contributed by atoms with Crippen molar-refractivity contribution in [2.45, 2.75) is 31.8 Å². The van der Waals surface area contributed by atoms with Crippen molar-refractivity contribution in [1.82, 2.24) is 0 Å². The summed E-state index contributed by atoms with van der Waals surface area (Å²) in [7, 11) is 0. The third-order valence-corrected chi connectivity index (χ3v) is 5.36. The summed E-state index contributed by atoms with van der Waals surface area (Å²) in [6.45, 7) is 0. The molecule has 4 nitrogen and oxygen atoms in total. The monoisotopic (exact) mass is 221 g/mol. The maximum Gasteiger partial charge on any atom is 0.294 e. The van der Waals surface area contributed by atoms with E-state index in [4.69, 9.17) is 4.84 Å². The fourth-order valence-corrected chi connectivity index (χ4v) is 5.05. The summed E-state index contributed by atoms with van der Waals surface area (Å²) < 4.78 is 0. The third kappa shape index (κ3) is 0.913. The van der Waals surface area contributed by atoms with E-state index in [1.807, 2.05) is 0 Å². The predicted octanol–water partition coefficient (Wildman–Crippen LogP) is 2.19. The highest BCUT2D eigenvalue weighted by Gasteiger charge is 2.64. The van der Waals surface area contributed by atoms with Crippen molar-refractivity contribution < 1.29 is 9.92 Å². The zero-order chi connectivity index (χ0) is 10.9. The molecule has 86 valence electrons. The first-order chi connectivity index (χ1) is 7.75. The van der Waals surface area contributed by atoms with Crippen LogP contribution in [0.15, 0.2) is 11.6 Å². The molecule has 0 N–H and O–H groups in total. The highest BCUT2D eigenvalue weighted by Crippen LogP contribution is 2.68. The van der Waals surface area contributed by atoms with Gasteiger partial charge in [0.15, 0.2) is 0 Å². The molecule has 4 aliphatic rings. The van der Waals surface area contributed by atoms with Gasteiger partial charge in [0.1, 0.15) is 6.10 Å². The lowest BCUT2D eigenvalue weighted by molar-refractivity contribution is -0.770. The molecular formula is C12H15NO3. The van der Waals surface area contributed by atoms with Gasteiger partial charge in [0, 0.05) is 0 Å². The normalized spacial score (nSPS) is 51.6. The van der Waals surface area contributed by atoms with Crippen molar-refractivity contribution in [2.75, 3.05) is 0 Å². The van der Waals surface area contributed by atoms with Gasteiger partial charge in [-0.25, -0.2) is 0 Å². The number of allylic oxidation sites excluding steroid dienone is 2. The van der Waals surface area contributed by atoms with Crippen molar-refractivity contribution in [2.24, 2.45) is 29.6 Å². The molecule has 0 aromatic carbocycles. The quantitative estimate of drug-likeness (QED) is 0.408. The van der Waals surface area contributed by atoms with E-state index in [0.717, 1.165) is 18.3 Å². The molecule has 4 heteroatoms. The first-order valence-electron chi connectivity index (χ1n) is 6.27. The van der Waals surface area contributed by atoms with E-state index in [1.54, 1.807) is 5.57 Å². The maximum atomic E-state index is 10.4. The average Bonchev–Trinajstić information content (AvgIpc) is 2.80. The molecule has 3 saturated carbocycles. The van der Waals surface area contributed by atoms with Crippen LogP contribution in [0.2, 0.25) is 0 Å². The molecule has 3 fully saturated rings. The van der Waals surface area contributed by atoms with Gasteiger partial charge >= 0.3 is 0 Å². The van der Waals surface area contributed by atoms with Gasteiger partial charge < -0.3 is 4.84 Å². The Labute approximate surface area is 93.8 Å². The Morgan fingerprint density at radius 3 is 3.12 bits per heavy atom. The Morgan fingerprint density at radius 2 is 2.31 bits per heavy atom. The topological polar surface area (TPSA) is 52.4 Å². The standard InChI is InChI=1S/C12H15NO3/c14-13(15)16-10-5-6-4-9(10)12-8-3-1-2-7(8)11(6)12/h3,6-7,9-12H,1-2,4-5H2. The smallest absolute Gasteiger partial charge is 0.294 e.